The number of nitrogens with one attached hydrogen (secondary N) is 1. The molecule has 1 amide bonds. The number of aryl methyl sites for hydroxylation is 1. The number of carbonyl (C=O) groups is 1. The number of benzene rings is 3. The lowest BCUT2D eigenvalue weighted by Gasteiger charge is -2.12. The van der Waals surface area contributed by atoms with Gasteiger partial charge in [-0.1, -0.05) is 65.3 Å². The maximum Gasteiger partial charge on any atom is 0.244 e. The van der Waals surface area contributed by atoms with Crippen LogP contribution in [-0.2, 0) is 17.8 Å². The third-order valence-electron chi connectivity index (χ3n) is 4.73. The molecule has 0 aliphatic heterocycles. The van der Waals surface area contributed by atoms with Crippen molar-refractivity contribution in [3.8, 4) is 11.4 Å². The van der Waals surface area contributed by atoms with E-state index in [4.69, 9.17) is 4.98 Å². The second-order valence-corrected chi connectivity index (χ2v) is 7.49. The number of fused-ring (bicyclic) bond motifs is 1. The zero-order valence-corrected chi connectivity index (χ0v) is 17.1. The molecule has 5 heteroatoms. The van der Waals surface area contributed by atoms with Crippen LogP contribution in [0.25, 0.3) is 22.4 Å². The highest BCUT2D eigenvalue weighted by Gasteiger charge is 2.15. The Morgan fingerprint density at radius 1 is 1.00 bits per heavy atom. The van der Waals surface area contributed by atoms with Gasteiger partial charge in [0, 0.05) is 15.7 Å². The van der Waals surface area contributed by atoms with Crippen molar-refractivity contribution in [1.29, 1.82) is 0 Å². The summed E-state index contributed by atoms with van der Waals surface area (Å²) in [5, 5.41) is 3.06. The number of para-hydroxylation sites is 3. The van der Waals surface area contributed by atoms with Crippen molar-refractivity contribution in [2.45, 2.75) is 19.9 Å². The highest BCUT2D eigenvalue weighted by molar-refractivity contribution is 9.10. The molecular formula is C23H20BrN3O. The predicted octanol–water partition coefficient (Wildman–Crippen LogP) is 5.67. The molecule has 4 aromatic rings. The van der Waals surface area contributed by atoms with Gasteiger partial charge in [-0.3, -0.25) is 4.79 Å². The topological polar surface area (TPSA) is 46.9 Å². The van der Waals surface area contributed by atoms with E-state index in [1.54, 1.807) is 0 Å². The molecule has 140 valence electrons. The molecule has 4 rings (SSSR count). The molecule has 1 N–H and O–H groups in total. The smallest absolute Gasteiger partial charge is 0.244 e. The minimum absolute atomic E-state index is 0.0672. The van der Waals surface area contributed by atoms with E-state index in [0.717, 1.165) is 44.6 Å². The number of aromatic nitrogens is 2. The Hall–Kier alpha value is -2.92. The number of hydrogen-bond acceptors (Lipinski definition) is 2. The number of imidazole rings is 1. The van der Waals surface area contributed by atoms with Crippen LogP contribution in [0.1, 0.15) is 12.5 Å². The van der Waals surface area contributed by atoms with E-state index in [9.17, 15) is 4.79 Å². The second kappa shape index (κ2) is 7.98. The second-order valence-electron chi connectivity index (χ2n) is 6.58. The number of rotatable bonds is 5. The number of carbonyl (C=O) groups excluding carboxylic acids is 1. The molecule has 1 aromatic heterocycles. The maximum absolute atomic E-state index is 12.9. The van der Waals surface area contributed by atoms with Gasteiger partial charge in [-0.05, 0) is 42.3 Å². The summed E-state index contributed by atoms with van der Waals surface area (Å²) < 4.78 is 2.98. The lowest BCUT2D eigenvalue weighted by Crippen LogP contribution is -2.20. The van der Waals surface area contributed by atoms with Crippen molar-refractivity contribution in [2.24, 2.45) is 0 Å². The summed E-state index contributed by atoms with van der Waals surface area (Å²) in [5.41, 5.74) is 4.78. The Balaban J connectivity index is 1.70. The van der Waals surface area contributed by atoms with Crippen LogP contribution < -0.4 is 5.32 Å². The van der Waals surface area contributed by atoms with Crippen LogP contribution in [0, 0.1) is 0 Å². The standard InChI is InChI=1S/C23H20BrN3O/c1-2-16-7-3-4-8-19(16)25-22(28)15-27-21-10-6-5-9-20(21)26-23(27)17-11-13-18(24)14-12-17/h3-14H,2,15H2,1H3,(H,25,28). The first kappa shape index (κ1) is 18.4. The molecule has 0 spiro atoms. The molecular weight excluding hydrogens is 414 g/mol. The Morgan fingerprint density at radius 2 is 1.71 bits per heavy atom. The zero-order chi connectivity index (χ0) is 19.5. The number of amides is 1. The molecule has 28 heavy (non-hydrogen) atoms. The monoisotopic (exact) mass is 433 g/mol. The third-order valence-corrected chi connectivity index (χ3v) is 5.26. The van der Waals surface area contributed by atoms with Gasteiger partial charge < -0.3 is 9.88 Å². The first-order valence-corrected chi connectivity index (χ1v) is 10.0. The quantitative estimate of drug-likeness (QED) is 0.440. The van der Waals surface area contributed by atoms with Crippen molar-refractivity contribution in [3.05, 3.63) is 82.8 Å². The first-order valence-electron chi connectivity index (χ1n) is 9.24. The Labute approximate surface area is 172 Å². The van der Waals surface area contributed by atoms with E-state index in [1.165, 1.54) is 0 Å². The minimum Gasteiger partial charge on any atom is -0.324 e. The predicted molar refractivity (Wildman–Crippen MR) is 117 cm³/mol. The SMILES string of the molecule is CCc1ccccc1NC(=O)Cn1c(-c2ccc(Br)cc2)nc2ccccc21. The highest BCUT2D eigenvalue weighted by atomic mass is 79.9. The molecule has 0 fully saturated rings. The van der Waals surface area contributed by atoms with Crippen LogP contribution >= 0.6 is 15.9 Å². The fraction of sp³-hybridized carbons (Fsp3) is 0.130. The van der Waals surface area contributed by atoms with Gasteiger partial charge in [0.05, 0.1) is 11.0 Å². The van der Waals surface area contributed by atoms with E-state index in [0.29, 0.717) is 0 Å². The maximum atomic E-state index is 12.9. The molecule has 0 saturated carbocycles. The third kappa shape index (κ3) is 3.71. The summed E-state index contributed by atoms with van der Waals surface area (Å²) in [7, 11) is 0. The molecule has 0 radical (unpaired) electrons. The summed E-state index contributed by atoms with van der Waals surface area (Å²) in [6.45, 7) is 2.28. The fourth-order valence-corrected chi connectivity index (χ4v) is 3.60. The zero-order valence-electron chi connectivity index (χ0n) is 15.5. The molecule has 1 heterocycles. The first-order chi connectivity index (χ1) is 13.7. The van der Waals surface area contributed by atoms with Gasteiger partial charge in [-0.25, -0.2) is 4.98 Å². The molecule has 0 bridgehead atoms. The van der Waals surface area contributed by atoms with Crippen molar-refractivity contribution >= 4 is 38.6 Å². The van der Waals surface area contributed by atoms with Crippen LogP contribution in [-0.4, -0.2) is 15.5 Å². The summed E-state index contributed by atoms with van der Waals surface area (Å²) in [6, 6.07) is 23.8. The van der Waals surface area contributed by atoms with Crippen LogP contribution in [0.3, 0.4) is 0 Å². The number of hydrogen-bond donors (Lipinski definition) is 1. The normalized spacial score (nSPS) is 10.9. The van der Waals surface area contributed by atoms with Crippen LogP contribution in [0.2, 0.25) is 0 Å². The molecule has 0 unspecified atom stereocenters. The van der Waals surface area contributed by atoms with Crippen LogP contribution in [0.4, 0.5) is 5.69 Å². The van der Waals surface area contributed by atoms with Crippen molar-refractivity contribution in [1.82, 2.24) is 9.55 Å². The van der Waals surface area contributed by atoms with Gasteiger partial charge in [0.1, 0.15) is 12.4 Å². The van der Waals surface area contributed by atoms with Gasteiger partial charge in [0.15, 0.2) is 0 Å². The summed E-state index contributed by atoms with van der Waals surface area (Å²) in [6.07, 6.45) is 0.870. The average Bonchev–Trinajstić information content (AvgIpc) is 3.07. The lowest BCUT2D eigenvalue weighted by molar-refractivity contribution is -0.116. The van der Waals surface area contributed by atoms with E-state index in [-0.39, 0.29) is 12.5 Å². The molecule has 0 aliphatic rings. The Morgan fingerprint density at radius 3 is 2.50 bits per heavy atom. The van der Waals surface area contributed by atoms with Gasteiger partial charge in [-0.15, -0.1) is 0 Å². The number of anilines is 1. The molecule has 4 nitrogen and oxygen atoms in total. The van der Waals surface area contributed by atoms with E-state index in [1.807, 2.05) is 77.4 Å². The van der Waals surface area contributed by atoms with Gasteiger partial charge >= 0.3 is 0 Å². The average molecular weight is 434 g/mol. The fourth-order valence-electron chi connectivity index (χ4n) is 3.34. The number of nitrogens with zero attached hydrogens (tertiary/aromatic N) is 2. The van der Waals surface area contributed by atoms with Crippen LogP contribution in [0.15, 0.2) is 77.3 Å². The van der Waals surface area contributed by atoms with Gasteiger partial charge in [0.25, 0.3) is 0 Å². The molecule has 0 saturated heterocycles. The van der Waals surface area contributed by atoms with E-state index >= 15 is 0 Å². The molecule has 0 aliphatic carbocycles. The summed E-state index contributed by atoms with van der Waals surface area (Å²) >= 11 is 3.47. The van der Waals surface area contributed by atoms with E-state index in [2.05, 4.69) is 28.2 Å². The minimum atomic E-state index is -0.0672. The molecule has 3 aromatic carbocycles. The molecule has 0 atom stereocenters. The van der Waals surface area contributed by atoms with Gasteiger partial charge in [-0.2, -0.15) is 0 Å². The Bertz CT molecular complexity index is 1130. The highest BCUT2D eigenvalue weighted by Crippen LogP contribution is 2.26. The largest absolute Gasteiger partial charge is 0.324 e. The van der Waals surface area contributed by atoms with Crippen molar-refractivity contribution in [3.63, 3.8) is 0 Å². The summed E-state index contributed by atoms with van der Waals surface area (Å²) in [5.74, 6) is 0.718. The lowest BCUT2D eigenvalue weighted by atomic mass is 10.1. The van der Waals surface area contributed by atoms with Crippen LogP contribution in [0.5, 0.6) is 0 Å². The summed E-state index contributed by atoms with van der Waals surface area (Å²) in [4.78, 5) is 17.6. The van der Waals surface area contributed by atoms with Crippen molar-refractivity contribution in [2.75, 3.05) is 5.32 Å². The van der Waals surface area contributed by atoms with E-state index < -0.39 is 0 Å². The van der Waals surface area contributed by atoms with Crippen molar-refractivity contribution < 1.29 is 4.79 Å². The van der Waals surface area contributed by atoms with Gasteiger partial charge in [0.2, 0.25) is 5.91 Å². The number of halogens is 1. The Kier molecular flexibility index (Phi) is 5.26.